The van der Waals surface area contributed by atoms with Gasteiger partial charge in [0.25, 0.3) is 0 Å². The average molecular weight is 239 g/mol. The Morgan fingerprint density at radius 3 is 2.76 bits per heavy atom. The molecule has 0 amide bonds. The lowest BCUT2D eigenvalue weighted by molar-refractivity contribution is 0.352. The van der Waals surface area contributed by atoms with Crippen molar-refractivity contribution in [2.24, 2.45) is 5.73 Å². The second-order valence-corrected chi connectivity index (χ2v) is 3.60. The predicted octanol–water partition coefficient (Wildman–Crippen LogP) is 2.42. The van der Waals surface area contributed by atoms with E-state index in [2.05, 4.69) is 10.1 Å². The zero-order valence-corrected chi connectivity index (χ0v) is 9.15. The molecule has 1 aromatic heterocycles. The summed E-state index contributed by atoms with van der Waals surface area (Å²) in [4.78, 5) is 4.03. The van der Waals surface area contributed by atoms with Crippen LogP contribution in [0, 0.1) is 11.6 Å². The highest BCUT2D eigenvalue weighted by Gasteiger charge is 2.15. The molecular formula is C11H11F2N3O. The van der Waals surface area contributed by atoms with E-state index in [1.54, 1.807) is 0 Å². The van der Waals surface area contributed by atoms with E-state index in [1.807, 2.05) is 6.92 Å². The zero-order chi connectivity index (χ0) is 12.4. The van der Waals surface area contributed by atoms with Crippen LogP contribution >= 0.6 is 0 Å². The quantitative estimate of drug-likeness (QED) is 0.893. The number of hydrogen-bond donors (Lipinski definition) is 1. The van der Waals surface area contributed by atoms with Crippen LogP contribution in [-0.2, 0) is 0 Å². The molecule has 0 unspecified atom stereocenters. The predicted molar refractivity (Wildman–Crippen MR) is 56.9 cm³/mol. The van der Waals surface area contributed by atoms with Crippen LogP contribution < -0.4 is 5.73 Å². The second kappa shape index (κ2) is 4.58. The van der Waals surface area contributed by atoms with Gasteiger partial charge in [-0.1, -0.05) is 12.1 Å². The first-order valence-electron chi connectivity index (χ1n) is 5.16. The van der Waals surface area contributed by atoms with Crippen LogP contribution in [0.2, 0.25) is 0 Å². The van der Waals surface area contributed by atoms with Crippen molar-refractivity contribution in [1.82, 2.24) is 10.1 Å². The van der Waals surface area contributed by atoms with Crippen molar-refractivity contribution in [1.29, 1.82) is 0 Å². The maximum atomic E-state index is 13.0. The monoisotopic (exact) mass is 239 g/mol. The van der Waals surface area contributed by atoms with Gasteiger partial charge in [-0.2, -0.15) is 4.98 Å². The van der Waals surface area contributed by atoms with Gasteiger partial charge in [0.2, 0.25) is 11.7 Å². The number of nitrogens with two attached hydrogens (primary N) is 1. The van der Waals surface area contributed by atoms with E-state index in [1.165, 1.54) is 6.07 Å². The smallest absolute Gasteiger partial charge is 0.243 e. The Morgan fingerprint density at radius 1 is 1.35 bits per heavy atom. The van der Waals surface area contributed by atoms with Crippen LogP contribution in [0.5, 0.6) is 0 Å². The standard InChI is InChI=1S/C11H11F2N3O/c1-2-9(14)11-15-10(16-17-11)6-3-4-7(12)8(13)5-6/h3-5,9H,2,14H2,1H3/t9-/m0/s1. The Hall–Kier alpha value is -1.82. The van der Waals surface area contributed by atoms with Gasteiger partial charge in [-0.25, -0.2) is 8.78 Å². The molecule has 4 nitrogen and oxygen atoms in total. The zero-order valence-electron chi connectivity index (χ0n) is 9.15. The van der Waals surface area contributed by atoms with Crippen LogP contribution in [0.4, 0.5) is 8.78 Å². The van der Waals surface area contributed by atoms with Crippen molar-refractivity contribution < 1.29 is 13.3 Å². The van der Waals surface area contributed by atoms with E-state index in [-0.39, 0.29) is 17.8 Å². The SMILES string of the molecule is CC[C@H](N)c1nc(-c2ccc(F)c(F)c2)no1. The van der Waals surface area contributed by atoms with Crippen LogP contribution in [0.15, 0.2) is 22.7 Å². The van der Waals surface area contributed by atoms with Crippen molar-refractivity contribution >= 4 is 0 Å². The van der Waals surface area contributed by atoms with Crippen LogP contribution in [0.1, 0.15) is 25.3 Å². The molecule has 0 radical (unpaired) electrons. The van der Waals surface area contributed by atoms with E-state index in [4.69, 9.17) is 10.3 Å². The summed E-state index contributed by atoms with van der Waals surface area (Å²) in [6, 6.07) is 3.06. The fourth-order valence-electron chi connectivity index (χ4n) is 1.31. The first-order chi connectivity index (χ1) is 8.11. The Kier molecular flexibility index (Phi) is 3.14. The Bertz CT molecular complexity index is 527. The highest BCUT2D eigenvalue weighted by molar-refractivity contribution is 5.54. The summed E-state index contributed by atoms with van der Waals surface area (Å²) in [5, 5.41) is 3.67. The van der Waals surface area contributed by atoms with Gasteiger partial charge < -0.3 is 10.3 Å². The topological polar surface area (TPSA) is 64.9 Å². The lowest BCUT2D eigenvalue weighted by Crippen LogP contribution is -2.08. The lowest BCUT2D eigenvalue weighted by Gasteiger charge is -1.99. The van der Waals surface area contributed by atoms with Gasteiger partial charge in [0.1, 0.15) is 0 Å². The van der Waals surface area contributed by atoms with Gasteiger partial charge in [0, 0.05) is 5.56 Å². The van der Waals surface area contributed by atoms with E-state index in [0.29, 0.717) is 12.0 Å². The molecule has 0 aliphatic rings. The van der Waals surface area contributed by atoms with Crippen LogP contribution in [0.3, 0.4) is 0 Å². The van der Waals surface area contributed by atoms with Crippen molar-refractivity contribution in [2.45, 2.75) is 19.4 Å². The number of aromatic nitrogens is 2. The minimum absolute atomic E-state index is 0.197. The fraction of sp³-hybridized carbons (Fsp3) is 0.273. The van der Waals surface area contributed by atoms with Crippen molar-refractivity contribution in [3.8, 4) is 11.4 Å². The van der Waals surface area contributed by atoms with Crippen molar-refractivity contribution in [2.75, 3.05) is 0 Å². The molecule has 0 saturated heterocycles. The Balaban J connectivity index is 2.33. The first kappa shape index (κ1) is 11.7. The molecule has 6 heteroatoms. The van der Waals surface area contributed by atoms with Gasteiger partial charge in [-0.3, -0.25) is 0 Å². The molecule has 90 valence electrons. The molecule has 0 saturated carbocycles. The molecule has 1 aromatic carbocycles. The van der Waals surface area contributed by atoms with Gasteiger partial charge in [-0.15, -0.1) is 0 Å². The molecule has 0 aliphatic carbocycles. The van der Waals surface area contributed by atoms with Gasteiger partial charge >= 0.3 is 0 Å². The molecular weight excluding hydrogens is 228 g/mol. The minimum Gasteiger partial charge on any atom is -0.337 e. The fourth-order valence-corrected chi connectivity index (χ4v) is 1.31. The maximum Gasteiger partial charge on any atom is 0.243 e. The van der Waals surface area contributed by atoms with E-state index >= 15 is 0 Å². The van der Waals surface area contributed by atoms with Crippen LogP contribution in [-0.4, -0.2) is 10.1 Å². The normalized spacial score (nSPS) is 12.7. The summed E-state index contributed by atoms with van der Waals surface area (Å²) in [6.45, 7) is 1.88. The average Bonchev–Trinajstić information content (AvgIpc) is 2.81. The van der Waals surface area contributed by atoms with Crippen molar-refractivity contribution in [3.63, 3.8) is 0 Å². The van der Waals surface area contributed by atoms with Gasteiger partial charge in [0.15, 0.2) is 11.6 Å². The minimum atomic E-state index is -0.950. The largest absolute Gasteiger partial charge is 0.337 e. The molecule has 0 bridgehead atoms. The Morgan fingerprint density at radius 2 is 2.12 bits per heavy atom. The summed E-state index contributed by atoms with van der Waals surface area (Å²) >= 11 is 0. The van der Waals surface area contributed by atoms with Gasteiger partial charge in [-0.05, 0) is 24.6 Å². The third-order valence-corrected chi connectivity index (χ3v) is 2.38. The summed E-state index contributed by atoms with van der Waals surface area (Å²) < 4.78 is 30.7. The first-order valence-corrected chi connectivity index (χ1v) is 5.16. The molecule has 2 aromatic rings. The molecule has 2 rings (SSSR count). The summed E-state index contributed by atoms with van der Waals surface area (Å²) in [5.74, 6) is -1.38. The van der Waals surface area contributed by atoms with Gasteiger partial charge in [0.05, 0.1) is 6.04 Å². The number of halogens is 2. The van der Waals surface area contributed by atoms with E-state index in [9.17, 15) is 8.78 Å². The maximum absolute atomic E-state index is 13.0. The highest BCUT2D eigenvalue weighted by Crippen LogP contribution is 2.20. The number of hydrogen-bond acceptors (Lipinski definition) is 4. The molecule has 2 N–H and O–H groups in total. The van der Waals surface area contributed by atoms with Crippen LogP contribution in [0.25, 0.3) is 11.4 Å². The third-order valence-electron chi connectivity index (χ3n) is 2.38. The summed E-state index contributed by atoms with van der Waals surface area (Å²) in [5.41, 5.74) is 6.06. The third kappa shape index (κ3) is 2.31. The molecule has 17 heavy (non-hydrogen) atoms. The number of benzene rings is 1. The molecule has 0 spiro atoms. The van der Waals surface area contributed by atoms with E-state index in [0.717, 1.165) is 12.1 Å². The van der Waals surface area contributed by atoms with Crippen molar-refractivity contribution in [3.05, 3.63) is 35.7 Å². The number of nitrogens with zero attached hydrogens (tertiary/aromatic N) is 2. The second-order valence-electron chi connectivity index (χ2n) is 3.60. The Labute approximate surface area is 96.4 Å². The number of rotatable bonds is 3. The summed E-state index contributed by atoms with van der Waals surface area (Å²) in [7, 11) is 0. The molecule has 1 atom stereocenters. The summed E-state index contributed by atoms with van der Waals surface area (Å²) in [6.07, 6.45) is 0.652. The molecule has 1 heterocycles. The molecule has 0 fully saturated rings. The molecule has 0 aliphatic heterocycles. The lowest BCUT2D eigenvalue weighted by atomic mass is 10.2. The highest BCUT2D eigenvalue weighted by atomic mass is 19.2. The van der Waals surface area contributed by atoms with E-state index < -0.39 is 11.6 Å².